The van der Waals surface area contributed by atoms with Crippen LogP contribution in [0.2, 0.25) is 0 Å². The number of fused-ring (bicyclic) bond motifs is 2. The number of amides is 2. The maximum absolute atomic E-state index is 13.5. The van der Waals surface area contributed by atoms with Crippen LogP contribution in [-0.2, 0) is 42.9 Å². The molecule has 1 aromatic heterocycles. The van der Waals surface area contributed by atoms with Crippen molar-refractivity contribution in [2.24, 2.45) is 7.05 Å². The molecule has 0 saturated carbocycles. The van der Waals surface area contributed by atoms with Crippen molar-refractivity contribution in [2.45, 2.75) is 57.4 Å². The molecule has 1 N–H and O–H groups in total. The first-order chi connectivity index (χ1) is 16.3. The first-order valence-corrected chi connectivity index (χ1v) is 13.3. The molecule has 1 saturated heterocycles. The largest absolute Gasteiger partial charge is 0.740 e. The van der Waals surface area contributed by atoms with E-state index >= 15 is 0 Å². The zero-order valence-electron chi connectivity index (χ0n) is 19.7. The van der Waals surface area contributed by atoms with E-state index in [1.807, 2.05) is 7.05 Å². The van der Waals surface area contributed by atoms with Crippen molar-refractivity contribution in [3.8, 4) is 0 Å². The van der Waals surface area contributed by atoms with Gasteiger partial charge in [0, 0.05) is 25.0 Å². The number of likely N-dealkylation sites (tertiary alicyclic amines) is 1. The topological polar surface area (TPSA) is 114 Å². The number of rotatable bonds is 6. The van der Waals surface area contributed by atoms with Crippen LogP contribution in [0.25, 0.3) is 0 Å². The quantitative estimate of drug-likeness (QED) is 0.627. The average molecular weight is 488 g/mol. The molecule has 0 bridgehead atoms. The van der Waals surface area contributed by atoms with E-state index in [4.69, 9.17) is 0 Å². The van der Waals surface area contributed by atoms with E-state index in [0.717, 1.165) is 73.3 Å². The Kier molecular flexibility index (Phi) is 6.03. The predicted molar refractivity (Wildman–Crippen MR) is 130 cm³/mol. The van der Waals surface area contributed by atoms with Crippen LogP contribution >= 0.6 is 0 Å². The Balaban J connectivity index is 1.43. The fourth-order valence-corrected chi connectivity index (χ4v) is 6.74. The molecular formula is C23H31N6O4S-. The van der Waals surface area contributed by atoms with E-state index in [0.29, 0.717) is 5.69 Å². The number of aryl methyl sites for hydroxylation is 3. The average Bonchev–Trinajstić information content (AvgIpc) is 3.59. The molecule has 10 nitrogen and oxygen atoms in total. The predicted octanol–water partition coefficient (Wildman–Crippen LogP) is 2.57. The molecule has 3 aliphatic rings. The zero-order chi connectivity index (χ0) is 24.0. The van der Waals surface area contributed by atoms with Gasteiger partial charge in [0.15, 0.2) is 0 Å². The molecule has 1 fully saturated rings. The molecule has 5 rings (SSSR count). The molecule has 34 heavy (non-hydrogen) atoms. The number of hydroxylamine groups is 1. The number of hydrogen-bond donors (Lipinski definition) is 1. The Morgan fingerprint density at radius 1 is 1.15 bits per heavy atom. The minimum atomic E-state index is -4.68. The second-order valence-electron chi connectivity index (χ2n) is 9.58. The van der Waals surface area contributed by atoms with Gasteiger partial charge >= 0.3 is 16.2 Å². The number of carbonyl (C=O) groups excluding carboxylic acids is 1. The maximum Gasteiger partial charge on any atom is 0.326 e. The van der Waals surface area contributed by atoms with Gasteiger partial charge in [0.25, 0.3) is 0 Å². The lowest BCUT2D eigenvalue weighted by molar-refractivity contribution is 0.243. The summed E-state index contributed by atoms with van der Waals surface area (Å²) in [5, 5.41) is 19.9. The molecule has 1 unspecified atom stereocenters. The molecule has 1 atom stereocenters. The van der Waals surface area contributed by atoms with Gasteiger partial charge in [-0.1, -0.05) is 6.07 Å². The van der Waals surface area contributed by atoms with Gasteiger partial charge in [0.2, 0.25) is 0 Å². The third-order valence-electron chi connectivity index (χ3n) is 7.39. The SMILES string of the molecule is CN1CCCC1CN(c1cnn(C)c1)S(=O)(=O)N([O-])C(=O)Nc1c2c(cc3c1CCC3)CCC2. The number of likely N-dealkylation sites (N-methyl/N-ethyl adjacent to an activating group) is 1. The first kappa shape index (κ1) is 23.1. The highest BCUT2D eigenvalue weighted by atomic mass is 32.2. The van der Waals surface area contributed by atoms with Gasteiger partial charge in [-0.2, -0.15) is 13.5 Å². The van der Waals surface area contributed by atoms with E-state index < -0.39 is 20.7 Å². The molecular weight excluding hydrogens is 456 g/mol. The normalized spacial score (nSPS) is 19.8. The van der Waals surface area contributed by atoms with Crippen LogP contribution in [0.1, 0.15) is 47.9 Å². The summed E-state index contributed by atoms with van der Waals surface area (Å²) in [6.45, 7) is 0.935. The fraction of sp³-hybridized carbons (Fsp3) is 0.565. The summed E-state index contributed by atoms with van der Waals surface area (Å²) >= 11 is 0. The molecule has 1 aromatic carbocycles. The molecule has 2 amide bonds. The molecule has 184 valence electrons. The third-order valence-corrected chi connectivity index (χ3v) is 8.89. The number of urea groups is 1. The lowest BCUT2D eigenvalue weighted by Gasteiger charge is -2.36. The van der Waals surface area contributed by atoms with Gasteiger partial charge in [0.1, 0.15) is 0 Å². The highest BCUT2D eigenvalue weighted by molar-refractivity contribution is 7.91. The Morgan fingerprint density at radius 2 is 1.82 bits per heavy atom. The van der Waals surface area contributed by atoms with Gasteiger partial charge < -0.3 is 15.4 Å². The van der Waals surface area contributed by atoms with Gasteiger partial charge in [-0.3, -0.25) is 9.15 Å². The lowest BCUT2D eigenvalue weighted by Crippen LogP contribution is -2.49. The first-order valence-electron chi connectivity index (χ1n) is 11.9. The number of hydrogen-bond acceptors (Lipinski definition) is 6. The summed E-state index contributed by atoms with van der Waals surface area (Å²) in [6, 6.07) is 0.990. The lowest BCUT2D eigenvalue weighted by atomic mass is 9.99. The number of anilines is 2. The van der Waals surface area contributed by atoms with Crippen LogP contribution < -0.4 is 9.62 Å². The number of aromatic nitrogens is 2. The van der Waals surface area contributed by atoms with Crippen molar-refractivity contribution < 1.29 is 13.2 Å². The highest BCUT2D eigenvalue weighted by Gasteiger charge is 2.34. The zero-order valence-corrected chi connectivity index (χ0v) is 20.5. The van der Waals surface area contributed by atoms with Gasteiger partial charge in [0.05, 0.1) is 18.4 Å². The minimum absolute atomic E-state index is 0.0490. The van der Waals surface area contributed by atoms with Crippen LogP contribution in [0.5, 0.6) is 0 Å². The van der Waals surface area contributed by atoms with E-state index in [-0.39, 0.29) is 18.3 Å². The fourth-order valence-electron chi connectivity index (χ4n) is 5.59. The van der Waals surface area contributed by atoms with E-state index in [1.165, 1.54) is 28.2 Å². The summed E-state index contributed by atoms with van der Waals surface area (Å²) in [5.74, 6) is 0. The van der Waals surface area contributed by atoms with Crippen LogP contribution in [0.4, 0.5) is 16.2 Å². The van der Waals surface area contributed by atoms with Gasteiger partial charge in [-0.05, 0) is 87.2 Å². The Hall–Kier alpha value is -2.63. The second-order valence-corrected chi connectivity index (χ2v) is 11.2. The highest BCUT2D eigenvalue weighted by Crippen LogP contribution is 2.39. The van der Waals surface area contributed by atoms with E-state index in [2.05, 4.69) is 21.4 Å². The number of nitrogens with zero attached hydrogens (tertiary/aromatic N) is 5. The van der Waals surface area contributed by atoms with Gasteiger partial charge in [-0.25, -0.2) is 9.10 Å². The van der Waals surface area contributed by atoms with Crippen LogP contribution in [0.15, 0.2) is 18.5 Å². The Morgan fingerprint density at radius 3 is 2.38 bits per heavy atom. The van der Waals surface area contributed by atoms with Crippen molar-refractivity contribution in [1.29, 1.82) is 0 Å². The number of carbonyl (C=O) groups is 1. The van der Waals surface area contributed by atoms with Gasteiger partial charge in [-0.15, -0.1) is 0 Å². The van der Waals surface area contributed by atoms with Crippen LogP contribution in [0, 0.1) is 5.21 Å². The maximum atomic E-state index is 13.5. The molecule has 11 heteroatoms. The molecule has 2 aliphatic carbocycles. The summed E-state index contributed by atoms with van der Waals surface area (Å²) < 4.78 is 29.0. The van der Waals surface area contributed by atoms with Crippen molar-refractivity contribution in [3.63, 3.8) is 0 Å². The molecule has 1 aliphatic heterocycles. The third kappa shape index (κ3) is 4.05. The summed E-state index contributed by atoms with van der Waals surface area (Å²) in [5.41, 5.74) is 5.37. The number of benzene rings is 1. The molecule has 2 heterocycles. The minimum Gasteiger partial charge on any atom is -0.740 e. The Bertz CT molecular complexity index is 1180. The molecule has 2 aromatic rings. The van der Waals surface area contributed by atoms with E-state index in [9.17, 15) is 18.4 Å². The van der Waals surface area contributed by atoms with Crippen molar-refractivity contribution in [2.75, 3.05) is 29.8 Å². The van der Waals surface area contributed by atoms with E-state index in [1.54, 1.807) is 7.05 Å². The smallest absolute Gasteiger partial charge is 0.326 e. The molecule has 0 radical (unpaired) electrons. The molecule has 0 spiro atoms. The van der Waals surface area contributed by atoms with Crippen molar-refractivity contribution in [1.82, 2.24) is 19.1 Å². The van der Waals surface area contributed by atoms with Crippen molar-refractivity contribution >= 4 is 27.6 Å². The number of nitrogens with one attached hydrogen (secondary N) is 1. The Labute approximate surface area is 200 Å². The summed E-state index contributed by atoms with van der Waals surface area (Å²) in [6.07, 6.45) is 10.2. The van der Waals surface area contributed by atoms with Crippen molar-refractivity contribution in [3.05, 3.63) is 45.9 Å². The summed E-state index contributed by atoms with van der Waals surface area (Å²) in [7, 11) is -1.07. The standard InChI is InChI=1S/C23H31N6O4S/c1-26-11-5-8-18(26)15-28(19-13-24-27(2)14-19)34(32,33)29(31)23(30)25-22-20-9-3-6-16(20)12-17-7-4-10-21(17)22/h12-14,18H,3-11,15H2,1-2H3,(H,25,30)/q-1. The summed E-state index contributed by atoms with van der Waals surface area (Å²) in [4.78, 5) is 15.1. The van der Waals surface area contributed by atoms with Crippen LogP contribution in [0.3, 0.4) is 0 Å². The second kappa shape index (κ2) is 8.86. The van der Waals surface area contributed by atoms with Crippen LogP contribution in [-0.4, -0.2) is 59.8 Å². The monoisotopic (exact) mass is 487 g/mol.